The van der Waals surface area contributed by atoms with Gasteiger partial charge >= 0.3 is 5.97 Å². The molecule has 0 amide bonds. The summed E-state index contributed by atoms with van der Waals surface area (Å²) >= 11 is 0. The van der Waals surface area contributed by atoms with Crippen molar-refractivity contribution >= 4 is 35.7 Å². The summed E-state index contributed by atoms with van der Waals surface area (Å²) in [5, 5.41) is 15.4. The van der Waals surface area contributed by atoms with E-state index in [2.05, 4.69) is 30.3 Å². The van der Waals surface area contributed by atoms with Crippen molar-refractivity contribution in [3.63, 3.8) is 0 Å². The lowest BCUT2D eigenvalue weighted by Crippen LogP contribution is -2.34. The number of nitrogens with one attached hydrogen (secondary N) is 1. The average Bonchev–Trinajstić information content (AvgIpc) is 3.03. The molecule has 0 spiro atoms. The molecule has 13 nitrogen and oxygen atoms in total. The molecule has 3 aromatic rings. The third kappa shape index (κ3) is 7.28. The average molecular weight is 575 g/mol. The van der Waals surface area contributed by atoms with Crippen molar-refractivity contribution in [2.45, 2.75) is 45.4 Å². The maximum atomic E-state index is 12.7. The number of piperidine rings is 2. The Bertz CT molecular complexity index is 1400. The van der Waals surface area contributed by atoms with Crippen LogP contribution in [0.1, 0.15) is 61.4 Å². The number of rotatable bonds is 10. The summed E-state index contributed by atoms with van der Waals surface area (Å²) in [6.07, 6.45) is 8.49. The number of ether oxygens (including phenoxy) is 2. The largest absolute Gasteiger partial charge is 0.490 e. The molecule has 0 unspecified atom stereocenters. The van der Waals surface area contributed by atoms with Crippen LogP contribution in [0.3, 0.4) is 0 Å². The number of carbonyl (C=O) groups excluding carboxylic acids is 1. The van der Waals surface area contributed by atoms with Gasteiger partial charge in [0.2, 0.25) is 17.8 Å². The van der Waals surface area contributed by atoms with E-state index in [4.69, 9.17) is 14.5 Å². The molecule has 0 radical (unpaired) electrons. The molecule has 42 heavy (non-hydrogen) atoms. The standard InChI is InChI=1S/C29H34N8O5/c1-2-41-25-18-21(12-13-24(25)42-26(38)22-10-9-11-23(19-22)37(39)40)20-30-34-27-31-28(35-14-5-3-6-15-35)33-29(32-27)36-16-7-4-8-17-36/h9-13,18-20H,2-8,14-17H2,1H3,(H,31,32,33,34)/b30-20-. The number of esters is 1. The third-order valence-corrected chi connectivity index (χ3v) is 7.03. The highest BCUT2D eigenvalue weighted by Gasteiger charge is 2.20. The minimum atomic E-state index is -0.730. The zero-order chi connectivity index (χ0) is 29.3. The van der Waals surface area contributed by atoms with E-state index in [-0.39, 0.29) is 17.0 Å². The molecule has 2 aliphatic rings. The number of non-ortho nitro benzene ring substituents is 1. The number of nitro benzene ring substituents is 1. The molecule has 1 aromatic heterocycles. The second-order valence-corrected chi connectivity index (χ2v) is 10.1. The van der Waals surface area contributed by atoms with Gasteiger partial charge in [0.25, 0.3) is 5.69 Å². The number of benzene rings is 2. The number of hydrogen-bond acceptors (Lipinski definition) is 12. The van der Waals surface area contributed by atoms with Crippen molar-refractivity contribution in [2.24, 2.45) is 5.10 Å². The Hall–Kier alpha value is -4.81. The van der Waals surface area contributed by atoms with Crippen LogP contribution in [0.15, 0.2) is 47.6 Å². The quantitative estimate of drug-likeness (QED) is 0.117. The summed E-state index contributed by atoms with van der Waals surface area (Å²) in [6.45, 7) is 5.84. The van der Waals surface area contributed by atoms with E-state index in [0.29, 0.717) is 35.8 Å². The van der Waals surface area contributed by atoms with Gasteiger partial charge in [0.15, 0.2) is 11.5 Å². The molecule has 2 saturated heterocycles. The molecule has 0 bridgehead atoms. The van der Waals surface area contributed by atoms with E-state index in [1.165, 1.54) is 37.1 Å². The second-order valence-electron chi connectivity index (χ2n) is 10.1. The van der Waals surface area contributed by atoms with Gasteiger partial charge in [0.05, 0.1) is 23.3 Å². The molecule has 0 saturated carbocycles. The molecule has 2 fully saturated rings. The van der Waals surface area contributed by atoms with Crippen LogP contribution in [-0.2, 0) is 0 Å². The lowest BCUT2D eigenvalue weighted by molar-refractivity contribution is -0.384. The molecule has 1 N–H and O–H groups in total. The molecule has 2 aliphatic heterocycles. The first-order valence-corrected chi connectivity index (χ1v) is 14.3. The van der Waals surface area contributed by atoms with E-state index < -0.39 is 10.9 Å². The van der Waals surface area contributed by atoms with Crippen LogP contribution in [0.4, 0.5) is 23.5 Å². The normalized spacial score (nSPS) is 15.5. The van der Waals surface area contributed by atoms with Crippen LogP contribution in [0.5, 0.6) is 11.5 Å². The Morgan fingerprint density at radius 3 is 2.24 bits per heavy atom. The summed E-state index contributed by atoms with van der Waals surface area (Å²) in [4.78, 5) is 41.7. The van der Waals surface area contributed by atoms with Crippen LogP contribution in [-0.4, -0.2) is 64.8 Å². The predicted octanol–water partition coefficient (Wildman–Crippen LogP) is 4.82. The first-order chi connectivity index (χ1) is 20.5. The zero-order valence-corrected chi connectivity index (χ0v) is 23.6. The van der Waals surface area contributed by atoms with E-state index in [1.54, 1.807) is 24.4 Å². The van der Waals surface area contributed by atoms with Gasteiger partial charge < -0.3 is 19.3 Å². The number of hydrogen-bond donors (Lipinski definition) is 1. The zero-order valence-electron chi connectivity index (χ0n) is 23.6. The van der Waals surface area contributed by atoms with Gasteiger partial charge in [-0.2, -0.15) is 20.1 Å². The fourth-order valence-corrected chi connectivity index (χ4v) is 4.90. The predicted molar refractivity (Wildman–Crippen MR) is 159 cm³/mol. The maximum Gasteiger partial charge on any atom is 0.343 e. The number of nitro groups is 1. The SMILES string of the molecule is CCOc1cc(/C=N\Nc2nc(N3CCCCC3)nc(N3CCCCC3)n2)ccc1OC(=O)c1cccc([N+](=O)[O-])c1. The van der Waals surface area contributed by atoms with Gasteiger partial charge in [-0.3, -0.25) is 10.1 Å². The van der Waals surface area contributed by atoms with Crippen molar-refractivity contribution in [2.75, 3.05) is 48.0 Å². The number of carbonyl (C=O) groups is 1. The van der Waals surface area contributed by atoms with E-state index in [1.807, 2.05) is 6.92 Å². The third-order valence-electron chi connectivity index (χ3n) is 7.03. The molecule has 0 aliphatic carbocycles. The van der Waals surface area contributed by atoms with Crippen LogP contribution in [0.2, 0.25) is 0 Å². The molecule has 5 rings (SSSR count). The summed E-state index contributed by atoms with van der Waals surface area (Å²) < 4.78 is 11.2. The second kappa shape index (κ2) is 13.7. The number of aromatic nitrogens is 3. The molecular formula is C29H34N8O5. The van der Waals surface area contributed by atoms with Gasteiger partial charge in [-0.15, -0.1) is 0 Å². The minimum Gasteiger partial charge on any atom is -0.490 e. The van der Waals surface area contributed by atoms with E-state index in [9.17, 15) is 14.9 Å². The van der Waals surface area contributed by atoms with Gasteiger partial charge in [-0.05, 0) is 75.3 Å². The summed E-state index contributed by atoms with van der Waals surface area (Å²) in [6, 6.07) is 10.4. The van der Waals surface area contributed by atoms with Crippen molar-refractivity contribution in [3.8, 4) is 11.5 Å². The summed E-state index contributed by atoms with van der Waals surface area (Å²) in [7, 11) is 0. The van der Waals surface area contributed by atoms with Crippen LogP contribution < -0.4 is 24.7 Å². The van der Waals surface area contributed by atoms with Crippen molar-refractivity contribution in [1.82, 2.24) is 15.0 Å². The van der Waals surface area contributed by atoms with E-state index in [0.717, 1.165) is 51.9 Å². The highest BCUT2D eigenvalue weighted by molar-refractivity contribution is 5.92. The smallest absolute Gasteiger partial charge is 0.343 e. The highest BCUT2D eigenvalue weighted by Crippen LogP contribution is 2.29. The Morgan fingerprint density at radius 2 is 1.62 bits per heavy atom. The van der Waals surface area contributed by atoms with Gasteiger partial charge in [0, 0.05) is 38.3 Å². The van der Waals surface area contributed by atoms with Crippen molar-refractivity contribution in [1.29, 1.82) is 0 Å². The fraction of sp³-hybridized carbons (Fsp3) is 0.414. The lowest BCUT2D eigenvalue weighted by Gasteiger charge is -2.30. The lowest BCUT2D eigenvalue weighted by atomic mass is 10.1. The van der Waals surface area contributed by atoms with Crippen LogP contribution in [0.25, 0.3) is 0 Å². The van der Waals surface area contributed by atoms with E-state index >= 15 is 0 Å². The van der Waals surface area contributed by atoms with Crippen molar-refractivity contribution in [3.05, 3.63) is 63.7 Å². The number of nitrogens with zero attached hydrogens (tertiary/aromatic N) is 7. The Kier molecular flexibility index (Phi) is 9.37. The summed E-state index contributed by atoms with van der Waals surface area (Å²) in [5.41, 5.74) is 3.51. The Labute approximate surface area is 243 Å². The molecular weight excluding hydrogens is 540 g/mol. The molecule has 2 aromatic carbocycles. The maximum absolute atomic E-state index is 12.7. The topological polar surface area (TPSA) is 148 Å². The molecule has 13 heteroatoms. The first kappa shape index (κ1) is 28.7. The monoisotopic (exact) mass is 574 g/mol. The first-order valence-electron chi connectivity index (χ1n) is 14.3. The van der Waals surface area contributed by atoms with Crippen molar-refractivity contribution < 1.29 is 19.2 Å². The molecule has 0 atom stereocenters. The van der Waals surface area contributed by atoms with Crippen LogP contribution >= 0.6 is 0 Å². The Balaban J connectivity index is 1.31. The fourth-order valence-electron chi connectivity index (χ4n) is 4.90. The van der Waals surface area contributed by atoms with Crippen LogP contribution in [0, 0.1) is 10.1 Å². The van der Waals surface area contributed by atoms with Gasteiger partial charge in [-0.1, -0.05) is 6.07 Å². The number of anilines is 3. The summed E-state index contributed by atoms with van der Waals surface area (Å²) in [5.74, 6) is 1.49. The molecule has 3 heterocycles. The minimum absolute atomic E-state index is 0.0617. The molecule has 220 valence electrons. The van der Waals surface area contributed by atoms with Gasteiger partial charge in [-0.25, -0.2) is 10.2 Å². The van der Waals surface area contributed by atoms with Gasteiger partial charge in [0.1, 0.15) is 0 Å². The Morgan fingerprint density at radius 1 is 0.952 bits per heavy atom. The number of hydrazone groups is 1. The highest BCUT2D eigenvalue weighted by atomic mass is 16.6.